The maximum Gasteiger partial charge on any atom is 0.168 e. The number of nitrogens with zero attached hydrogens (tertiary/aromatic N) is 1. The normalized spacial score (nSPS) is 12.3. The summed E-state index contributed by atoms with van der Waals surface area (Å²) in [4.78, 5) is 7.27. The quantitative estimate of drug-likeness (QED) is 0.757. The summed E-state index contributed by atoms with van der Waals surface area (Å²) >= 11 is 0. The second-order valence-electron chi connectivity index (χ2n) is 4.61. The Kier molecular flexibility index (Phi) is 3.87. The molecule has 18 heavy (non-hydrogen) atoms. The molecule has 0 saturated heterocycles. The number of nitrogen functional groups attached to an aromatic ring is 1. The lowest BCUT2D eigenvalue weighted by atomic mass is 9.98. The van der Waals surface area contributed by atoms with Crippen LogP contribution in [0.2, 0.25) is 0 Å². The van der Waals surface area contributed by atoms with Crippen LogP contribution in [-0.4, -0.2) is 16.5 Å². The first-order valence-electron chi connectivity index (χ1n) is 6.27. The Bertz CT molecular complexity index is 490. The Balaban J connectivity index is 1.84. The van der Waals surface area contributed by atoms with Gasteiger partial charge in [-0.3, -0.25) is 0 Å². The van der Waals surface area contributed by atoms with Crippen LogP contribution in [0.15, 0.2) is 30.3 Å². The second-order valence-corrected chi connectivity index (χ2v) is 4.61. The Hall–Kier alpha value is -1.97. The molecule has 2 rings (SSSR count). The molecular weight excluding hydrogens is 224 g/mol. The van der Waals surface area contributed by atoms with Crippen LogP contribution in [0.3, 0.4) is 0 Å². The van der Waals surface area contributed by atoms with E-state index in [1.165, 1.54) is 5.56 Å². The molecule has 0 radical (unpaired) electrons. The fourth-order valence-electron chi connectivity index (χ4n) is 2.00. The molecular formula is C14H20N4. The summed E-state index contributed by atoms with van der Waals surface area (Å²) in [5.41, 5.74) is 7.16. The predicted octanol–water partition coefficient (Wildman–Crippen LogP) is 2.91. The van der Waals surface area contributed by atoms with Crippen molar-refractivity contribution in [3.63, 3.8) is 0 Å². The topological polar surface area (TPSA) is 66.7 Å². The van der Waals surface area contributed by atoms with Crippen molar-refractivity contribution < 1.29 is 0 Å². The molecule has 4 heteroatoms. The number of rotatable bonds is 5. The van der Waals surface area contributed by atoms with Crippen LogP contribution in [0, 0.1) is 6.92 Å². The summed E-state index contributed by atoms with van der Waals surface area (Å²) in [5.74, 6) is 2.73. The number of H-pyrrole nitrogens is 1. The summed E-state index contributed by atoms with van der Waals surface area (Å²) < 4.78 is 0. The van der Waals surface area contributed by atoms with Crippen LogP contribution in [0.1, 0.15) is 30.7 Å². The summed E-state index contributed by atoms with van der Waals surface area (Å²) in [5, 5.41) is 3.27. The number of hydrogen-bond acceptors (Lipinski definition) is 3. The summed E-state index contributed by atoms with van der Waals surface area (Å²) in [6, 6.07) is 10.5. The van der Waals surface area contributed by atoms with Gasteiger partial charge in [0.25, 0.3) is 0 Å². The number of benzene rings is 1. The Morgan fingerprint density at radius 1 is 1.33 bits per heavy atom. The van der Waals surface area contributed by atoms with E-state index >= 15 is 0 Å². The number of aromatic amines is 1. The Labute approximate surface area is 108 Å². The van der Waals surface area contributed by atoms with Crippen LogP contribution in [0.25, 0.3) is 0 Å². The third-order valence-electron chi connectivity index (χ3n) is 3.09. The summed E-state index contributed by atoms with van der Waals surface area (Å²) in [6.45, 7) is 4.99. The van der Waals surface area contributed by atoms with E-state index in [1.807, 2.05) is 13.0 Å². The van der Waals surface area contributed by atoms with E-state index in [9.17, 15) is 0 Å². The molecule has 96 valence electrons. The van der Waals surface area contributed by atoms with Gasteiger partial charge in [-0.2, -0.15) is 0 Å². The molecule has 0 bridgehead atoms. The minimum absolute atomic E-state index is 0.528. The number of nitrogens with one attached hydrogen (secondary N) is 2. The third kappa shape index (κ3) is 3.03. The van der Waals surface area contributed by atoms with Gasteiger partial charge in [0.1, 0.15) is 11.6 Å². The monoisotopic (exact) mass is 244 g/mol. The maximum atomic E-state index is 5.79. The molecule has 0 spiro atoms. The van der Waals surface area contributed by atoms with Crippen LogP contribution in [0.5, 0.6) is 0 Å². The van der Waals surface area contributed by atoms with Crippen LogP contribution in [-0.2, 0) is 0 Å². The van der Waals surface area contributed by atoms with Gasteiger partial charge in [0.2, 0.25) is 0 Å². The average molecular weight is 244 g/mol. The summed E-state index contributed by atoms with van der Waals surface area (Å²) in [6.07, 6.45) is 1.05. The van der Waals surface area contributed by atoms with Gasteiger partial charge in [-0.1, -0.05) is 37.3 Å². The van der Waals surface area contributed by atoms with Gasteiger partial charge in [-0.05, 0) is 24.8 Å². The van der Waals surface area contributed by atoms with Gasteiger partial charge in [0, 0.05) is 6.54 Å². The van der Waals surface area contributed by atoms with Crippen LogP contribution < -0.4 is 11.1 Å². The molecule has 1 aromatic heterocycles. The van der Waals surface area contributed by atoms with Crippen molar-refractivity contribution in [2.24, 2.45) is 0 Å². The highest BCUT2D eigenvalue weighted by molar-refractivity contribution is 5.56. The first-order chi connectivity index (χ1) is 8.66. The molecule has 2 aromatic rings. The van der Waals surface area contributed by atoms with Crippen molar-refractivity contribution in [2.45, 2.75) is 26.2 Å². The SMILES string of the molecule is Cc1nc(NCCC(C)c2ccccc2)c(N)[nH]1. The molecule has 0 aliphatic rings. The van der Waals surface area contributed by atoms with E-state index in [0.29, 0.717) is 11.7 Å². The first kappa shape index (κ1) is 12.5. The van der Waals surface area contributed by atoms with E-state index in [1.54, 1.807) is 0 Å². The van der Waals surface area contributed by atoms with Crippen molar-refractivity contribution >= 4 is 11.6 Å². The molecule has 1 atom stereocenters. The molecule has 1 unspecified atom stereocenters. The highest BCUT2D eigenvalue weighted by Gasteiger charge is 2.07. The molecule has 0 aliphatic carbocycles. The third-order valence-corrected chi connectivity index (χ3v) is 3.09. The van der Waals surface area contributed by atoms with Gasteiger partial charge in [0.05, 0.1) is 0 Å². The molecule has 4 N–H and O–H groups in total. The minimum Gasteiger partial charge on any atom is -0.382 e. The molecule has 1 aromatic carbocycles. The second kappa shape index (κ2) is 5.58. The summed E-state index contributed by atoms with van der Waals surface area (Å²) in [7, 11) is 0. The molecule has 0 fully saturated rings. The zero-order valence-corrected chi connectivity index (χ0v) is 10.9. The average Bonchev–Trinajstić information content (AvgIpc) is 2.69. The lowest BCUT2D eigenvalue weighted by Gasteiger charge is -2.12. The number of aromatic nitrogens is 2. The smallest absolute Gasteiger partial charge is 0.168 e. The highest BCUT2D eigenvalue weighted by atomic mass is 15.1. The predicted molar refractivity (Wildman–Crippen MR) is 75.7 cm³/mol. The zero-order valence-electron chi connectivity index (χ0n) is 10.9. The van der Waals surface area contributed by atoms with E-state index in [0.717, 1.165) is 24.6 Å². The Morgan fingerprint density at radius 2 is 2.06 bits per heavy atom. The number of aryl methyl sites for hydroxylation is 1. The van der Waals surface area contributed by atoms with Crippen molar-refractivity contribution in [3.05, 3.63) is 41.7 Å². The molecule has 0 amide bonds. The maximum absolute atomic E-state index is 5.79. The molecule has 0 saturated carbocycles. The fraction of sp³-hybridized carbons (Fsp3) is 0.357. The van der Waals surface area contributed by atoms with Gasteiger partial charge < -0.3 is 16.0 Å². The number of anilines is 2. The number of imidazole rings is 1. The van der Waals surface area contributed by atoms with Crippen LogP contribution in [0.4, 0.5) is 11.6 Å². The van der Waals surface area contributed by atoms with Crippen molar-refractivity contribution in [2.75, 3.05) is 17.6 Å². The van der Waals surface area contributed by atoms with Crippen molar-refractivity contribution in [1.82, 2.24) is 9.97 Å². The van der Waals surface area contributed by atoms with Gasteiger partial charge >= 0.3 is 0 Å². The zero-order chi connectivity index (χ0) is 13.0. The molecule has 0 aliphatic heterocycles. The first-order valence-corrected chi connectivity index (χ1v) is 6.27. The highest BCUT2D eigenvalue weighted by Crippen LogP contribution is 2.19. The lowest BCUT2D eigenvalue weighted by Crippen LogP contribution is -2.07. The van der Waals surface area contributed by atoms with Gasteiger partial charge in [-0.15, -0.1) is 0 Å². The van der Waals surface area contributed by atoms with E-state index in [4.69, 9.17) is 5.73 Å². The van der Waals surface area contributed by atoms with Crippen molar-refractivity contribution in [1.29, 1.82) is 0 Å². The van der Waals surface area contributed by atoms with E-state index < -0.39 is 0 Å². The minimum atomic E-state index is 0.528. The van der Waals surface area contributed by atoms with E-state index in [2.05, 4.69) is 46.5 Å². The Morgan fingerprint density at radius 3 is 2.67 bits per heavy atom. The number of hydrogen-bond donors (Lipinski definition) is 3. The lowest BCUT2D eigenvalue weighted by molar-refractivity contribution is 0.705. The van der Waals surface area contributed by atoms with Crippen molar-refractivity contribution in [3.8, 4) is 0 Å². The standard InChI is InChI=1S/C14H20N4/c1-10(12-6-4-3-5-7-12)8-9-16-14-13(15)17-11(2)18-14/h3-7,10,16H,8-9,15H2,1-2H3,(H,17,18). The molecule has 1 heterocycles. The molecule has 4 nitrogen and oxygen atoms in total. The number of nitrogens with two attached hydrogens (primary N) is 1. The van der Waals surface area contributed by atoms with E-state index in [-0.39, 0.29) is 0 Å². The van der Waals surface area contributed by atoms with Gasteiger partial charge in [-0.25, -0.2) is 4.98 Å². The largest absolute Gasteiger partial charge is 0.382 e. The van der Waals surface area contributed by atoms with Gasteiger partial charge in [0.15, 0.2) is 5.82 Å². The fourth-order valence-corrected chi connectivity index (χ4v) is 2.00. The van der Waals surface area contributed by atoms with Crippen LogP contribution >= 0.6 is 0 Å².